The van der Waals surface area contributed by atoms with Crippen LogP contribution in [-0.4, -0.2) is 43.4 Å². The molecule has 2 N–H and O–H groups in total. The summed E-state index contributed by atoms with van der Waals surface area (Å²) in [5.41, 5.74) is 5.05. The third-order valence-corrected chi connectivity index (χ3v) is 3.77. The molecule has 4 nitrogen and oxygen atoms in total. The van der Waals surface area contributed by atoms with E-state index in [0.717, 1.165) is 11.0 Å². The smallest absolute Gasteiger partial charge is 0.404 e. The summed E-state index contributed by atoms with van der Waals surface area (Å²) >= 11 is 0. The van der Waals surface area contributed by atoms with E-state index < -0.39 is 6.09 Å². The zero-order valence-corrected chi connectivity index (χ0v) is 13.1. The molecule has 0 atom stereocenters. The molecule has 0 radical (unpaired) electrons. The molecule has 0 aliphatic heterocycles. The number of carbonyl (C=O) groups excluding carboxylic acids is 1. The number of rotatable bonds is 12. The predicted octanol–water partition coefficient (Wildman–Crippen LogP) is 3.30. The number of nitrogens with two attached hydrogens (primary N) is 1. The fourth-order valence-electron chi connectivity index (χ4n) is 2.49. The van der Waals surface area contributed by atoms with Gasteiger partial charge in [0.05, 0.1) is 19.6 Å². The fraction of sp³-hybridized carbons (Fsp3) is 0.933. The number of ether oxygens (including phenoxy) is 1. The number of nitrogens with zero attached hydrogens (tertiary/aromatic N) is 1. The maximum absolute atomic E-state index is 10.7. The van der Waals surface area contributed by atoms with Gasteiger partial charge in [0.15, 0.2) is 0 Å². The lowest BCUT2D eigenvalue weighted by Crippen LogP contribution is -2.52. The Labute approximate surface area is 118 Å². The Bertz CT molecular complexity index is 210. The molecular weight excluding hydrogens is 240 g/mol. The summed E-state index contributed by atoms with van der Waals surface area (Å²) in [6.07, 6.45) is 6.72. The summed E-state index contributed by atoms with van der Waals surface area (Å²) in [6.45, 7) is 11.6. The molecule has 0 saturated heterocycles. The van der Waals surface area contributed by atoms with Crippen molar-refractivity contribution in [2.45, 2.75) is 59.3 Å². The number of quaternary nitrogens is 1. The highest BCUT2D eigenvalue weighted by Crippen LogP contribution is 2.14. The molecule has 0 aromatic rings. The van der Waals surface area contributed by atoms with Gasteiger partial charge in [-0.15, -0.1) is 0 Å². The third kappa shape index (κ3) is 8.87. The number of carbonyl (C=O) groups is 1. The molecule has 0 unspecified atom stereocenters. The summed E-state index contributed by atoms with van der Waals surface area (Å²) in [5, 5.41) is 0. The van der Waals surface area contributed by atoms with Crippen LogP contribution in [0.1, 0.15) is 59.3 Å². The van der Waals surface area contributed by atoms with E-state index in [4.69, 9.17) is 10.5 Å². The Morgan fingerprint density at radius 1 is 0.895 bits per heavy atom. The van der Waals surface area contributed by atoms with Crippen LogP contribution in [0.5, 0.6) is 0 Å². The van der Waals surface area contributed by atoms with Crippen molar-refractivity contribution in [2.24, 2.45) is 5.73 Å². The predicted molar refractivity (Wildman–Crippen MR) is 80.0 cm³/mol. The lowest BCUT2D eigenvalue weighted by molar-refractivity contribution is -0.929. The first-order valence-corrected chi connectivity index (χ1v) is 7.87. The molecular formula is C15H33N2O2+. The molecule has 0 aliphatic rings. The highest BCUT2D eigenvalue weighted by atomic mass is 16.5. The average molecular weight is 273 g/mol. The van der Waals surface area contributed by atoms with E-state index in [9.17, 15) is 4.79 Å². The molecule has 4 heteroatoms. The van der Waals surface area contributed by atoms with Gasteiger partial charge in [0.25, 0.3) is 0 Å². The lowest BCUT2D eigenvalue weighted by atomic mass is 10.1. The SMILES string of the molecule is CCCC[N+](CCCC)(CCCC)CCOC(N)=O. The molecule has 1 amide bonds. The zero-order chi connectivity index (χ0) is 14.6. The van der Waals surface area contributed by atoms with E-state index in [1.165, 1.54) is 58.2 Å². The Hall–Kier alpha value is -0.770. The molecule has 0 saturated carbocycles. The van der Waals surface area contributed by atoms with Crippen LogP contribution in [0.4, 0.5) is 4.79 Å². The first-order chi connectivity index (χ1) is 9.10. The Morgan fingerprint density at radius 2 is 1.32 bits per heavy atom. The van der Waals surface area contributed by atoms with Crippen molar-refractivity contribution >= 4 is 6.09 Å². The van der Waals surface area contributed by atoms with Crippen LogP contribution >= 0.6 is 0 Å². The van der Waals surface area contributed by atoms with Gasteiger partial charge in [-0.05, 0) is 19.3 Å². The molecule has 0 spiro atoms. The molecule has 0 bridgehead atoms. The van der Waals surface area contributed by atoms with Crippen LogP contribution in [-0.2, 0) is 4.74 Å². The van der Waals surface area contributed by atoms with Crippen molar-refractivity contribution in [3.8, 4) is 0 Å². The van der Waals surface area contributed by atoms with E-state index >= 15 is 0 Å². The van der Waals surface area contributed by atoms with Gasteiger partial charge >= 0.3 is 6.09 Å². The summed E-state index contributed by atoms with van der Waals surface area (Å²) in [5.74, 6) is 0. The topological polar surface area (TPSA) is 52.3 Å². The van der Waals surface area contributed by atoms with Crippen molar-refractivity contribution in [3.63, 3.8) is 0 Å². The molecule has 114 valence electrons. The van der Waals surface area contributed by atoms with Gasteiger partial charge in [0.1, 0.15) is 13.2 Å². The summed E-state index contributed by atoms with van der Waals surface area (Å²) in [6, 6.07) is 0. The van der Waals surface area contributed by atoms with Crippen molar-refractivity contribution in [1.82, 2.24) is 0 Å². The summed E-state index contributed by atoms with van der Waals surface area (Å²) in [7, 11) is 0. The lowest BCUT2D eigenvalue weighted by Gasteiger charge is -2.39. The van der Waals surface area contributed by atoms with Gasteiger partial charge < -0.3 is 15.0 Å². The molecule has 0 aliphatic carbocycles. The number of hydrogen-bond donors (Lipinski definition) is 1. The van der Waals surface area contributed by atoms with Crippen molar-refractivity contribution in [2.75, 3.05) is 32.8 Å². The molecule has 0 rings (SSSR count). The number of unbranched alkanes of at least 4 members (excludes halogenated alkanes) is 3. The van der Waals surface area contributed by atoms with E-state index in [1.807, 2.05) is 0 Å². The van der Waals surface area contributed by atoms with Gasteiger partial charge in [0, 0.05) is 0 Å². The minimum absolute atomic E-state index is 0.451. The maximum atomic E-state index is 10.7. The standard InChI is InChI=1S/C15H32N2O2/c1-4-7-10-17(11-8-5-2,12-9-6-3)13-14-19-15(16)18/h4-14H2,1-3H3,(H-,16,18)/p+1. The largest absolute Gasteiger partial charge is 0.444 e. The number of amides is 1. The first kappa shape index (κ1) is 18.2. The van der Waals surface area contributed by atoms with Gasteiger partial charge in [-0.25, -0.2) is 4.79 Å². The monoisotopic (exact) mass is 273 g/mol. The molecule has 0 aromatic heterocycles. The van der Waals surface area contributed by atoms with Gasteiger partial charge in [-0.1, -0.05) is 40.0 Å². The second-order valence-electron chi connectivity index (χ2n) is 5.46. The van der Waals surface area contributed by atoms with Gasteiger partial charge in [-0.3, -0.25) is 0 Å². The normalized spacial score (nSPS) is 11.5. The Morgan fingerprint density at radius 3 is 1.63 bits per heavy atom. The maximum Gasteiger partial charge on any atom is 0.404 e. The second kappa shape index (κ2) is 11.1. The minimum atomic E-state index is -0.653. The fourth-order valence-corrected chi connectivity index (χ4v) is 2.49. The van der Waals surface area contributed by atoms with Gasteiger partial charge in [0.2, 0.25) is 0 Å². The van der Waals surface area contributed by atoms with Crippen LogP contribution < -0.4 is 5.73 Å². The number of primary amides is 1. The second-order valence-corrected chi connectivity index (χ2v) is 5.46. The van der Waals surface area contributed by atoms with Crippen molar-refractivity contribution in [1.29, 1.82) is 0 Å². The van der Waals surface area contributed by atoms with Crippen LogP contribution in [0.3, 0.4) is 0 Å². The molecule has 0 heterocycles. The van der Waals surface area contributed by atoms with Crippen LogP contribution in [0.25, 0.3) is 0 Å². The van der Waals surface area contributed by atoms with Crippen LogP contribution in [0, 0.1) is 0 Å². The molecule has 0 aromatic carbocycles. The van der Waals surface area contributed by atoms with E-state index in [-0.39, 0.29) is 0 Å². The quantitative estimate of drug-likeness (QED) is 0.555. The number of hydrogen-bond acceptors (Lipinski definition) is 2. The Balaban J connectivity index is 4.51. The molecule has 0 fully saturated rings. The zero-order valence-electron chi connectivity index (χ0n) is 13.1. The minimum Gasteiger partial charge on any atom is -0.444 e. The average Bonchev–Trinajstić information content (AvgIpc) is 2.39. The van der Waals surface area contributed by atoms with E-state index in [2.05, 4.69) is 20.8 Å². The van der Waals surface area contributed by atoms with Gasteiger partial charge in [-0.2, -0.15) is 0 Å². The first-order valence-electron chi connectivity index (χ1n) is 7.87. The highest BCUT2D eigenvalue weighted by Gasteiger charge is 2.25. The highest BCUT2D eigenvalue weighted by molar-refractivity contribution is 5.64. The van der Waals surface area contributed by atoms with E-state index in [1.54, 1.807) is 0 Å². The van der Waals surface area contributed by atoms with Crippen molar-refractivity contribution < 1.29 is 14.0 Å². The van der Waals surface area contributed by atoms with Crippen LogP contribution in [0.2, 0.25) is 0 Å². The third-order valence-electron chi connectivity index (χ3n) is 3.77. The Kier molecular flexibility index (Phi) is 10.6. The summed E-state index contributed by atoms with van der Waals surface area (Å²) in [4.78, 5) is 10.7. The summed E-state index contributed by atoms with van der Waals surface area (Å²) < 4.78 is 6.05. The van der Waals surface area contributed by atoms with Crippen molar-refractivity contribution in [3.05, 3.63) is 0 Å². The van der Waals surface area contributed by atoms with E-state index in [0.29, 0.717) is 6.61 Å². The van der Waals surface area contributed by atoms with Crippen LogP contribution in [0.15, 0.2) is 0 Å². The molecule has 19 heavy (non-hydrogen) atoms.